The van der Waals surface area contributed by atoms with Gasteiger partial charge in [0, 0.05) is 18.6 Å². The van der Waals surface area contributed by atoms with Gasteiger partial charge in [-0.05, 0) is 43.9 Å². The number of ether oxygens (including phenoxy) is 1. The van der Waals surface area contributed by atoms with Gasteiger partial charge in [0.1, 0.15) is 0 Å². The van der Waals surface area contributed by atoms with Crippen molar-refractivity contribution in [1.82, 2.24) is 10.1 Å². The van der Waals surface area contributed by atoms with Crippen LogP contribution >= 0.6 is 0 Å². The molecule has 112 valence electrons. The number of nitrogens with two attached hydrogens (primary N) is 1. The normalized spacial score (nSPS) is 18.8. The molecular formula is C16H21N3O2. The van der Waals surface area contributed by atoms with Crippen LogP contribution in [0, 0.1) is 0 Å². The van der Waals surface area contributed by atoms with E-state index in [1.54, 1.807) is 0 Å². The van der Waals surface area contributed by atoms with E-state index in [0.717, 1.165) is 49.2 Å². The summed E-state index contributed by atoms with van der Waals surface area (Å²) in [5.74, 6) is 1.30. The van der Waals surface area contributed by atoms with Gasteiger partial charge in [-0.25, -0.2) is 0 Å². The number of aromatic nitrogens is 2. The highest BCUT2D eigenvalue weighted by atomic mass is 16.5. The van der Waals surface area contributed by atoms with Crippen LogP contribution in [0.15, 0.2) is 28.8 Å². The highest BCUT2D eigenvalue weighted by Gasteiger charge is 2.18. The van der Waals surface area contributed by atoms with Gasteiger partial charge in [-0.15, -0.1) is 0 Å². The third-order valence-electron chi connectivity index (χ3n) is 3.81. The van der Waals surface area contributed by atoms with Crippen molar-refractivity contribution in [3.05, 3.63) is 35.7 Å². The van der Waals surface area contributed by atoms with Gasteiger partial charge >= 0.3 is 0 Å². The summed E-state index contributed by atoms with van der Waals surface area (Å²) >= 11 is 0. The van der Waals surface area contributed by atoms with Gasteiger partial charge in [0.25, 0.3) is 5.89 Å². The third kappa shape index (κ3) is 3.49. The monoisotopic (exact) mass is 287 g/mol. The van der Waals surface area contributed by atoms with E-state index in [1.165, 1.54) is 6.42 Å². The standard InChI is InChI=1S/C16H21N3O2/c17-9-8-12-5-1-2-7-14(12)16-18-15(19-21-16)11-13-6-3-4-10-20-13/h1-2,5,7,13H,3-4,6,8-11,17H2. The van der Waals surface area contributed by atoms with E-state index < -0.39 is 0 Å². The zero-order valence-electron chi connectivity index (χ0n) is 12.1. The smallest absolute Gasteiger partial charge is 0.258 e. The first-order chi connectivity index (χ1) is 10.4. The fraction of sp³-hybridized carbons (Fsp3) is 0.500. The third-order valence-corrected chi connectivity index (χ3v) is 3.81. The average molecular weight is 287 g/mol. The molecule has 5 heteroatoms. The van der Waals surface area contributed by atoms with E-state index >= 15 is 0 Å². The molecule has 0 spiro atoms. The van der Waals surface area contributed by atoms with Crippen molar-refractivity contribution in [1.29, 1.82) is 0 Å². The highest BCUT2D eigenvalue weighted by molar-refractivity contribution is 5.58. The van der Waals surface area contributed by atoms with Crippen LogP contribution in [0.1, 0.15) is 30.7 Å². The van der Waals surface area contributed by atoms with Gasteiger partial charge in [0.2, 0.25) is 0 Å². The minimum atomic E-state index is 0.225. The van der Waals surface area contributed by atoms with Crippen molar-refractivity contribution in [3.63, 3.8) is 0 Å². The van der Waals surface area contributed by atoms with Crippen LogP contribution in [0.4, 0.5) is 0 Å². The van der Waals surface area contributed by atoms with Crippen molar-refractivity contribution in [2.45, 2.75) is 38.2 Å². The summed E-state index contributed by atoms with van der Waals surface area (Å²) in [6.07, 6.45) is 5.20. The molecule has 1 saturated heterocycles. The van der Waals surface area contributed by atoms with Crippen molar-refractivity contribution in [2.75, 3.05) is 13.2 Å². The van der Waals surface area contributed by atoms with Crippen molar-refractivity contribution >= 4 is 0 Å². The summed E-state index contributed by atoms with van der Waals surface area (Å²) in [5, 5.41) is 4.09. The van der Waals surface area contributed by atoms with E-state index in [-0.39, 0.29) is 6.10 Å². The van der Waals surface area contributed by atoms with Crippen molar-refractivity contribution in [2.24, 2.45) is 5.73 Å². The SMILES string of the molecule is NCCc1ccccc1-c1nc(CC2CCCCO2)no1. The molecule has 5 nitrogen and oxygen atoms in total. The lowest BCUT2D eigenvalue weighted by Crippen LogP contribution is -2.21. The lowest BCUT2D eigenvalue weighted by atomic mass is 10.0. The van der Waals surface area contributed by atoms with E-state index in [1.807, 2.05) is 18.2 Å². The molecule has 0 bridgehead atoms. The number of rotatable bonds is 5. The van der Waals surface area contributed by atoms with Gasteiger partial charge in [-0.1, -0.05) is 23.4 Å². The quantitative estimate of drug-likeness (QED) is 0.913. The molecule has 1 aromatic carbocycles. The van der Waals surface area contributed by atoms with Gasteiger partial charge in [0.15, 0.2) is 5.82 Å². The average Bonchev–Trinajstić information content (AvgIpc) is 2.97. The Bertz CT molecular complexity index is 576. The molecule has 0 aliphatic carbocycles. The number of hydrogen-bond donors (Lipinski definition) is 1. The second kappa shape index (κ2) is 6.83. The van der Waals surface area contributed by atoms with Crippen LogP contribution in [0.2, 0.25) is 0 Å². The summed E-state index contributed by atoms with van der Waals surface area (Å²) in [6, 6.07) is 8.03. The Morgan fingerprint density at radius 2 is 2.14 bits per heavy atom. The van der Waals surface area contributed by atoms with E-state index in [0.29, 0.717) is 12.4 Å². The zero-order chi connectivity index (χ0) is 14.5. The Morgan fingerprint density at radius 1 is 1.24 bits per heavy atom. The van der Waals surface area contributed by atoms with Crippen molar-refractivity contribution < 1.29 is 9.26 Å². The predicted octanol–water partition coefficient (Wildman–Crippen LogP) is 2.35. The number of benzene rings is 1. The Kier molecular flexibility index (Phi) is 4.62. The van der Waals surface area contributed by atoms with Crippen LogP contribution < -0.4 is 5.73 Å². The number of hydrogen-bond acceptors (Lipinski definition) is 5. The molecule has 1 aliphatic rings. The maximum Gasteiger partial charge on any atom is 0.258 e. The molecule has 2 N–H and O–H groups in total. The molecule has 1 fully saturated rings. The molecule has 1 aromatic heterocycles. The molecule has 1 unspecified atom stereocenters. The van der Waals surface area contributed by atoms with Gasteiger partial charge < -0.3 is 15.0 Å². The highest BCUT2D eigenvalue weighted by Crippen LogP contribution is 2.23. The zero-order valence-corrected chi connectivity index (χ0v) is 12.1. The maximum atomic E-state index is 5.72. The van der Waals surface area contributed by atoms with Gasteiger partial charge in [-0.3, -0.25) is 0 Å². The topological polar surface area (TPSA) is 74.2 Å². The molecule has 1 atom stereocenters. The van der Waals surface area contributed by atoms with Crippen LogP contribution in [-0.2, 0) is 17.6 Å². The van der Waals surface area contributed by atoms with Crippen LogP contribution in [-0.4, -0.2) is 29.4 Å². The molecule has 3 rings (SSSR count). The summed E-state index contributed by atoms with van der Waals surface area (Å²) in [6.45, 7) is 1.45. The molecular weight excluding hydrogens is 266 g/mol. The summed E-state index contributed by atoms with van der Waals surface area (Å²) in [5.41, 5.74) is 7.77. The lowest BCUT2D eigenvalue weighted by molar-refractivity contribution is 0.0153. The molecule has 2 aromatic rings. The molecule has 0 saturated carbocycles. The minimum Gasteiger partial charge on any atom is -0.378 e. The Labute approximate surface area is 124 Å². The summed E-state index contributed by atoms with van der Waals surface area (Å²) in [4.78, 5) is 4.52. The fourth-order valence-corrected chi connectivity index (χ4v) is 2.72. The second-order valence-electron chi connectivity index (χ2n) is 5.40. The first kappa shape index (κ1) is 14.2. The maximum absolute atomic E-state index is 5.72. The largest absolute Gasteiger partial charge is 0.378 e. The fourth-order valence-electron chi connectivity index (χ4n) is 2.72. The second-order valence-corrected chi connectivity index (χ2v) is 5.40. The molecule has 2 heterocycles. The van der Waals surface area contributed by atoms with Crippen molar-refractivity contribution in [3.8, 4) is 11.5 Å². The van der Waals surface area contributed by atoms with Crippen LogP contribution in [0.3, 0.4) is 0 Å². The summed E-state index contributed by atoms with van der Waals surface area (Å²) in [7, 11) is 0. The molecule has 0 radical (unpaired) electrons. The van der Waals surface area contributed by atoms with Crippen LogP contribution in [0.25, 0.3) is 11.5 Å². The summed E-state index contributed by atoms with van der Waals surface area (Å²) < 4.78 is 11.1. The Morgan fingerprint density at radius 3 is 2.95 bits per heavy atom. The molecule has 21 heavy (non-hydrogen) atoms. The minimum absolute atomic E-state index is 0.225. The first-order valence-electron chi connectivity index (χ1n) is 7.59. The number of nitrogens with zero attached hydrogens (tertiary/aromatic N) is 2. The van der Waals surface area contributed by atoms with Gasteiger partial charge in [-0.2, -0.15) is 4.98 Å². The van der Waals surface area contributed by atoms with E-state index in [2.05, 4.69) is 16.2 Å². The Balaban J connectivity index is 1.75. The Hall–Kier alpha value is -1.72. The lowest BCUT2D eigenvalue weighted by Gasteiger charge is -2.20. The molecule has 0 amide bonds. The van der Waals surface area contributed by atoms with E-state index in [4.69, 9.17) is 15.0 Å². The van der Waals surface area contributed by atoms with Crippen LogP contribution in [0.5, 0.6) is 0 Å². The van der Waals surface area contributed by atoms with E-state index in [9.17, 15) is 0 Å². The first-order valence-corrected chi connectivity index (χ1v) is 7.59. The molecule has 1 aliphatic heterocycles. The predicted molar refractivity (Wildman–Crippen MR) is 79.8 cm³/mol. The van der Waals surface area contributed by atoms with Gasteiger partial charge in [0.05, 0.1) is 6.10 Å².